The van der Waals surface area contributed by atoms with Gasteiger partial charge in [-0.15, -0.1) is 0 Å². The standard InChI is InChI=1S/C9H8N2O2/c1-13-9-6(4-12)2-3-7-8(9)11-5-10-7/h2-5H,1H3,(H,10,11). The zero-order valence-electron chi connectivity index (χ0n) is 7.07. The Kier molecular flexibility index (Phi) is 1.73. The third-order valence-electron chi connectivity index (χ3n) is 1.91. The summed E-state index contributed by atoms with van der Waals surface area (Å²) in [4.78, 5) is 17.6. The zero-order valence-corrected chi connectivity index (χ0v) is 7.07. The van der Waals surface area contributed by atoms with Crippen molar-refractivity contribution in [3.63, 3.8) is 0 Å². The van der Waals surface area contributed by atoms with Gasteiger partial charge in [-0.2, -0.15) is 0 Å². The molecule has 0 aliphatic heterocycles. The van der Waals surface area contributed by atoms with Gasteiger partial charge in [0, 0.05) is 0 Å². The number of benzene rings is 1. The summed E-state index contributed by atoms with van der Waals surface area (Å²) < 4.78 is 5.09. The highest BCUT2D eigenvalue weighted by molar-refractivity contribution is 5.92. The van der Waals surface area contributed by atoms with Crippen molar-refractivity contribution in [1.82, 2.24) is 9.97 Å². The highest BCUT2D eigenvalue weighted by atomic mass is 16.5. The molecule has 1 aromatic heterocycles. The van der Waals surface area contributed by atoms with Crippen LogP contribution in [0.15, 0.2) is 18.5 Å². The SMILES string of the molecule is COc1c(C=O)ccc2[nH]cnc12. The number of methoxy groups -OCH3 is 1. The van der Waals surface area contributed by atoms with E-state index in [1.165, 1.54) is 7.11 Å². The van der Waals surface area contributed by atoms with Crippen LogP contribution in [0.5, 0.6) is 5.75 Å². The molecule has 0 atom stereocenters. The van der Waals surface area contributed by atoms with Gasteiger partial charge in [0.05, 0.1) is 24.5 Å². The Bertz CT molecular complexity index is 448. The summed E-state index contributed by atoms with van der Waals surface area (Å²) in [7, 11) is 1.52. The number of carbonyl (C=O) groups excluding carboxylic acids is 1. The van der Waals surface area contributed by atoms with Crippen molar-refractivity contribution < 1.29 is 9.53 Å². The first kappa shape index (κ1) is 7.79. The Balaban J connectivity index is 2.81. The molecule has 4 nitrogen and oxygen atoms in total. The van der Waals surface area contributed by atoms with E-state index in [1.807, 2.05) is 0 Å². The average molecular weight is 176 g/mol. The molecule has 2 rings (SSSR count). The largest absolute Gasteiger partial charge is 0.494 e. The normalized spacial score (nSPS) is 10.2. The summed E-state index contributed by atoms with van der Waals surface area (Å²) in [6, 6.07) is 3.50. The van der Waals surface area contributed by atoms with Crippen LogP contribution in [0.4, 0.5) is 0 Å². The van der Waals surface area contributed by atoms with Crippen LogP contribution in [0.1, 0.15) is 10.4 Å². The summed E-state index contributed by atoms with van der Waals surface area (Å²) in [6.07, 6.45) is 2.33. The van der Waals surface area contributed by atoms with E-state index >= 15 is 0 Å². The number of rotatable bonds is 2. The molecule has 1 heterocycles. The molecule has 0 unspecified atom stereocenters. The average Bonchev–Trinajstić information content (AvgIpc) is 2.63. The number of hydrogen-bond acceptors (Lipinski definition) is 3. The molecule has 0 amide bonds. The molecule has 0 fully saturated rings. The van der Waals surface area contributed by atoms with E-state index in [0.717, 1.165) is 11.8 Å². The van der Waals surface area contributed by atoms with Crippen molar-refractivity contribution in [1.29, 1.82) is 0 Å². The van der Waals surface area contributed by atoms with Gasteiger partial charge < -0.3 is 9.72 Å². The number of nitrogens with one attached hydrogen (secondary N) is 1. The number of carbonyl (C=O) groups is 1. The number of imidazole rings is 1. The fourth-order valence-electron chi connectivity index (χ4n) is 1.31. The first-order valence-corrected chi connectivity index (χ1v) is 3.82. The van der Waals surface area contributed by atoms with E-state index in [-0.39, 0.29) is 0 Å². The second-order valence-corrected chi connectivity index (χ2v) is 2.60. The Labute approximate surface area is 74.5 Å². The number of aromatic amines is 1. The molecule has 0 aliphatic rings. The van der Waals surface area contributed by atoms with E-state index in [9.17, 15) is 4.79 Å². The summed E-state index contributed by atoms with van der Waals surface area (Å²) >= 11 is 0. The number of fused-ring (bicyclic) bond motifs is 1. The van der Waals surface area contributed by atoms with E-state index in [2.05, 4.69) is 9.97 Å². The molecule has 0 saturated carbocycles. The molecule has 0 aliphatic carbocycles. The van der Waals surface area contributed by atoms with Crippen molar-refractivity contribution >= 4 is 17.3 Å². The lowest BCUT2D eigenvalue weighted by Gasteiger charge is -2.02. The molecule has 1 N–H and O–H groups in total. The van der Waals surface area contributed by atoms with E-state index in [0.29, 0.717) is 16.8 Å². The van der Waals surface area contributed by atoms with Gasteiger partial charge in [-0.05, 0) is 12.1 Å². The molecule has 0 saturated heterocycles. The number of H-pyrrole nitrogens is 1. The zero-order chi connectivity index (χ0) is 9.26. The minimum atomic E-state index is 0.516. The van der Waals surface area contributed by atoms with Gasteiger partial charge in [0.25, 0.3) is 0 Å². The van der Waals surface area contributed by atoms with Crippen LogP contribution in [0, 0.1) is 0 Å². The lowest BCUT2D eigenvalue weighted by Crippen LogP contribution is -1.91. The number of aldehydes is 1. The Morgan fingerprint density at radius 2 is 2.38 bits per heavy atom. The first-order chi connectivity index (χ1) is 6.36. The van der Waals surface area contributed by atoms with Gasteiger partial charge in [0.1, 0.15) is 5.52 Å². The molecule has 66 valence electrons. The van der Waals surface area contributed by atoms with Crippen LogP contribution < -0.4 is 4.74 Å². The lowest BCUT2D eigenvalue weighted by molar-refractivity contribution is 0.112. The first-order valence-electron chi connectivity index (χ1n) is 3.82. The monoisotopic (exact) mass is 176 g/mol. The maximum atomic E-state index is 10.6. The van der Waals surface area contributed by atoms with Crippen LogP contribution in [-0.4, -0.2) is 23.4 Å². The van der Waals surface area contributed by atoms with E-state index < -0.39 is 0 Å². The predicted molar refractivity (Wildman–Crippen MR) is 48.0 cm³/mol. The van der Waals surface area contributed by atoms with E-state index in [1.54, 1.807) is 18.5 Å². The molecule has 2 aromatic rings. The summed E-state index contributed by atoms with van der Waals surface area (Å²) in [5, 5.41) is 0. The van der Waals surface area contributed by atoms with Gasteiger partial charge in [0.2, 0.25) is 0 Å². The smallest absolute Gasteiger partial charge is 0.157 e. The summed E-state index contributed by atoms with van der Waals surface area (Å²) in [5.74, 6) is 0.522. The fraction of sp³-hybridized carbons (Fsp3) is 0.111. The summed E-state index contributed by atoms with van der Waals surface area (Å²) in [6.45, 7) is 0. The molecular weight excluding hydrogens is 168 g/mol. The van der Waals surface area contributed by atoms with Crippen LogP contribution >= 0.6 is 0 Å². The van der Waals surface area contributed by atoms with Gasteiger partial charge in [-0.3, -0.25) is 4.79 Å². The molecule has 4 heteroatoms. The Morgan fingerprint density at radius 3 is 3.08 bits per heavy atom. The van der Waals surface area contributed by atoms with Gasteiger partial charge in [0.15, 0.2) is 12.0 Å². The molecule has 0 bridgehead atoms. The van der Waals surface area contributed by atoms with Gasteiger partial charge in [-0.25, -0.2) is 4.98 Å². The van der Waals surface area contributed by atoms with E-state index in [4.69, 9.17) is 4.74 Å². The molecule has 0 radical (unpaired) electrons. The predicted octanol–water partition coefficient (Wildman–Crippen LogP) is 1.38. The third-order valence-corrected chi connectivity index (χ3v) is 1.91. The third kappa shape index (κ3) is 1.07. The lowest BCUT2D eigenvalue weighted by atomic mass is 10.2. The van der Waals surface area contributed by atoms with Crippen LogP contribution in [-0.2, 0) is 0 Å². The fourth-order valence-corrected chi connectivity index (χ4v) is 1.31. The molecule has 13 heavy (non-hydrogen) atoms. The highest BCUT2D eigenvalue weighted by Gasteiger charge is 2.08. The maximum Gasteiger partial charge on any atom is 0.157 e. The minimum absolute atomic E-state index is 0.516. The van der Waals surface area contributed by atoms with Gasteiger partial charge in [-0.1, -0.05) is 0 Å². The molecule has 0 spiro atoms. The number of ether oxygens (including phenoxy) is 1. The maximum absolute atomic E-state index is 10.6. The molecular formula is C9H8N2O2. The van der Waals surface area contributed by atoms with Crippen molar-refractivity contribution in [3.8, 4) is 5.75 Å². The Hall–Kier alpha value is -1.84. The highest BCUT2D eigenvalue weighted by Crippen LogP contribution is 2.25. The van der Waals surface area contributed by atoms with Crippen molar-refractivity contribution in [3.05, 3.63) is 24.0 Å². The van der Waals surface area contributed by atoms with Crippen LogP contribution in [0.2, 0.25) is 0 Å². The minimum Gasteiger partial charge on any atom is -0.494 e. The van der Waals surface area contributed by atoms with Crippen molar-refractivity contribution in [2.45, 2.75) is 0 Å². The Morgan fingerprint density at radius 1 is 1.54 bits per heavy atom. The van der Waals surface area contributed by atoms with Crippen LogP contribution in [0.3, 0.4) is 0 Å². The second kappa shape index (κ2) is 2.90. The molecule has 1 aromatic carbocycles. The summed E-state index contributed by atoms with van der Waals surface area (Å²) in [5.41, 5.74) is 2.07. The number of nitrogens with zero attached hydrogens (tertiary/aromatic N) is 1. The second-order valence-electron chi connectivity index (χ2n) is 2.60. The topological polar surface area (TPSA) is 55.0 Å². The van der Waals surface area contributed by atoms with Crippen LogP contribution in [0.25, 0.3) is 11.0 Å². The quantitative estimate of drug-likeness (QED) is 0.703. The number of hydrogen-bond donors (Lipinski definition) is 1. The van der Waals surface area contributed by atoms with Crippen molar-refractivity contribution in [2.24, 2.45) is 0 Å². The van der Waals surface area contributed by atoms with Gasteiger partial charge >= 0.3 is 0 Å². The van der Waals surface area contributed by atoms with Crippen molar-refractivity contribution in [2.75, 3.05) is 7.11 Å². The number of aromatic nitrogens is 2.